The molecular formula is C16H19NO. The topological polar surface area (TPSA) is 35.2 Å². The number of benzene rings is 2. The Morgan fingerprint density at radius 3 is 2.61 bits per heavy atom. The molecule has 0 fully saturated rings. The molecule has 0 bridgehead atoms. The van der Waals surface area contributed by atoms with Crippen LogP contribution >= 0.6 is 0 Å². The number of ether oxygens (including phenoxy) is 1. The average molecular weight is 241 g/mol. The van der Waals surface area contributed by atoms with Crippen molar-refractivity contribution in [3.05, 3.63) is 58.7 Å². The third-order valence-corrected chi connectivity index (χ3v) is 3.21. The summed E-state index contributed by atoms with van der Waals surface area (Å²) in [7, 11) is 0. The number of nitrogen functional groups attached to an aromatic ring is 1. The van der Waals surface area contributed by atoms with E-state index in [0.717, 1.165) is 28.1 Å². The molecule has 0 atom stereocenters. The fourth-order valence-corrected chi connectivity index (χ4v) is 1.88. The van der Waals surface area contributed by atoms with Crippen LogP contribution in [0.1, 0.15) is 22.3 Å². The van der Waals surface area contributed by atoms with E-state index < -0.39 is 0 Å². The second kappa shape index (κ2) is 5.13. The average Bonchev–Trinajstić information content (AvgIpc) is 2.35. The first kappa shape index (κ1) is 12.5. The van der Waals surface area contributed by atoms with Crippen molar-refractivity contribution in [3.63, 3.8) is 0 Å². The lowest BCUT2D eigenvalue weighted by Gasteiger charge is -2.12. The molecule has 2 aromatic carbocycles. The van der Waals surface area contributed by atoms with Crippen LogP contribution in [-0.4, -0.2) is 0 Å². The van der Waals surface area contributed by atoms with Crippen molar-refractivity contribution >= 4 is 5.69 Å². The predicted molar refractivity (Wildman–Crippen MR) is 75.8 cm³/mol. The van der Waals surface area contributed by atoms with Gasteiger partial charge in [0, 0.05) is 5.69 Å². The Hall–Kier alpha value is -1.96. The van der Waals surface area contributed by atoms with Crippen LogP contribution in [0.5, 0.6) is 5.75 Å². The number of hydrogen-bond acceptors (Lipinski definition) is 2. The highest BCUT2D eigenvalue weighted by Gasteiger charge is 2.04. The minimum absolute atomic E-state index is 0.557. The number of nitrogens with two attached hydrogens (primary N) is 1. The molecule has 2 heteroatoms. The Morgan fingerprint density at radius 1 is 1.06 bits per heavy atom. The van der Waals surface area contributed by atoms with Crippen molar-refractivity contribution in [2.24, 2.45) is 0 Å². The summed E-state index contributed by atoms with van der Waals surface area (Å²) >= 11 is 0. The van der Waals surface area contributed by atoms with Crippen LogP contribution in [0.25, 0.3) is 0 Å². The van der Waals surface area contributed by atoms with Gasteiger partial charge in [-0.25, -0.2) is 0 Å². The minimum atomic E-state index is 0.557. The van der Waals surface area contributed by atoms with Crippen LogP contribution in [0.3, 0.4) is 0 Å². The molecule has 0 heterocycles. The van der Waals surface area contributed by atoms with Crippen molar-refractivity contribution in [1.82, 2.24) is 0 Å². The zero-order chi connectivity index (χ0) is 13.1. The van der Waals surface area contributed by atoms with Crippen molar-refractivity contribution in [2.45, 2.75) is 27.4 Å². The quantitative estimate of drug-likeness (QED) is 0.830. The molecule has 0 spiro atoms. The number of anilines is 1. The zero-order valence-corrected chi connectivity index (χ0v) is 11.2. The van der Waals surface area contributed by atoms with Crippen molar-refractivity contribution in [1.29, 1.82) is 0 Å². The predicted octanol–water partition coefficient (Wildman–Crippen LogP) is 3.77. The van der Waals surface area contributed by atoms with Crippen LogP contribution in [-0.2, 0) is 6.61 Å². The van der Waals surface area contributed by atoms with E-state index in [-0.39, 0.29) is 0 Å². The largest absolute Gasteiger partial charge is 0.489 e. The summed E-state index contributed by atoms with van der Waals surface area (Å²) in [6, 6.07) is 12.2. The molecule has 94 valence electrons. The molecule has 2 rings (SSSR count). The summed E-state index contributed by atoms with van der Waals surface area (Å²) < 4.78 is 5.88. The van der Waals surface area contributed by atoms with Gasteiger partial charge in [-0.2, -0.15) is 0 Å². The maximum atomic E-state index is 5.89. The Morgan fingerprint density at radius 2 is 1.83 bits per heavy atom. The normalized spacial score (nSPS) is 10.4. The zero-order valence-electron chi connectivity index (χ0n) is 11.2. The summed E-state index contributed by atoms with van der Waals surface area (Å²) in [5, 5.41) is 0. The van der Waals surface area contributed by atoms with Crippen molar-refractivity contribution < 1.29 is 4.74 Å². The minimum Gasteiger partial charge on any atom is -0.489 e. The highest BCUT2D eigenvalue weighted by molar-refractivity contribution is 5.50. The van der Waals surface area contributed by atoms with Gasteiger partial charge in [0.15, 0.2) is 0 Å². The fourth-order valence-electron chi connectivity index (χ4n) is 1.88. The van der Waals surface area contributed by atoms with Gasteiger partial charge in [0.1, 0.15) is 12.4 Å². The molecule has 2 nitrogen and oxygen atoms in total. The van der Waals surface area contributed by atoms with Gasteiger partial charge in [-0.3, -0.25) is 0 Å². The molecule has 0 aromatic heterocycles. The lowest BCUT2D eigenvalue weighted by Crippen LogP contribution is -2.01. The van der Waals surface area contributed by atoms with Gasteiger partial charge >= 0.3 is 0 Å². The lowest BCUT2D eigenvalue weighted by molar-refractivity contribution is 0.303. The Balaban J connectivity index is 2.16. The van der Waals surface area contributed by atoms with E-state index in [4.69, 9.17) is 10.5 Å². The summed E-state index contributed by atoms with van der Waals surface area (Å²) in [6.45, 7) is 6.71. The second-order valence-corrected chi connectivity index (χ2v) is 4.69. The Kier molecular flexibility index (Phi) is 3.56. The van der Waals surface area contributed by atoms with Crippen LogP contribution < -0.4 is 10.5 Å². The first-order valence-corrected chi connectivity index (χ1v) is 6.12. The lowest BCUT2D eigenvalue weighted by atomic mass is 10.1. The maximum Gasteiger partial charge on any atom is 0.122 e. The SMILES string of the molecule is Cc1ccc(C)c(OCc2cccc(N)c2C)c1. The van der Waals surface area contributed by atoms with Gasteiger partial charge in [-0.05, 0) is 55.2 Å². The van der Waals surface area contributed by atoms with E-state index in [1.165, 1.54) is 5.56 Å². The molecule has 2 aromatic rings. The summed E-state index contributed by atoms with van der Waals surface area (Å²) in [6.07, 6.45) is 0. The molecule has 0 saturated heterocycles. The van der Waals surface area contributed by atoms with E-state index >= 15 is 0 Å². The first-order chi connectivity index (χ1) is 8.58. The van der Waals surface area contributed by atoms with Crippen molar-refractivity contribution in [2.75, 3.05) is 5.73 Å². The third kappa shape index (κ3) is 2.65. The smallest absolute Gasteiger partial charge is 0.122 e. The Labute approximate surface area is 108 Å². The van der Waals surface area contributed by atoms with Gasteiger partial charge in [-0.1, -0.05) is 24.3 Å². The van der Waals surface area contributed by atoms with E-state index in [1.54, 1.807) is 0 Å². The first-order valence-electron chi connectivity index (χ1n) is 6.12. The van der Waals surface area contributed by atoms with Crippen LogP contribution in [0.15, 0.2) is 36.4 Å². The third-order valence-electron chi connectivity index (χ3n) is 3.21. The summed E-state index contributed by atoms with van der Waals surface area (Å²) in [5.41, 5.74) is 11.3. The van der Waals surface area contributed by atoms with Crippen LogP contribution in [0.2, 0.25) is 0 Å². The van der Waals surface area contributed by atoms with Crippen molar-refractivity contribution in [3.8, 4) is 5.75 Å². The number of rotatable bonds is 3. The van der Waals surface area contributed by atoms with Gasteiger partial charge in [0.25, 0.3) is 0 Å². The fraction of sp³-hybridized carbons (Fsp3) is 0.250. The van der Waals surface area contributed by atoms with E-state index in [2.05, 4.69) is 38.1 Å². The molecule has 0 aliphatic carbocycles. The van der Waals surface area contributed by atoms with Crippen LogP contribution in [0, 0.1) is 20.8 Å². The molecule has 0 saturated carbocycles. The van der Waals surface area contributed by atoms with E-state index in [9.17, 15) is 0 Å². The Bertz CT molecular complexity index is 559. The van der Waals surface area contributed by atoms with E-state index in [0.29, 0.717) is 6.61 Å². The van der Waals surface area contributed by atoms with Gasteiger partial charge < -0.3 is 10.5 Å². The molecule has 0 aliphatic rings. The molecule has 18 heavy (non-hydrogen) atoms. The second-order valence-electron chi connectivity index (χ2n) is 4.69. The van der Waals surface area contributed by atoms with Crippen LogP contribution in [0.4, 0.5) is 5.69 Å². The number of aryl methyl sites for hydroxylation is 2. The van der Waals surface area contributed by atoms with Gasteiger partial charge in [0.2, 0.25) is 0 Å². The molecular weight excluding hydrogens is 222 g/mol. The number of hydrogen-bond donors (Lipinski definition) is 1. The molecule has 0 aliphatic heterocycles. The highest BCUT2D eigenvalue weighted by atomic mass is 16.5. The van der Waals surface area contributed by atoms with Gasteiger partial charge in [0.05, 0.1) is 0 Å². The molecule has 2 N–H and O–H groups in total. The summed E-state index contributed by atoms with van der Waals surface area (Å²) in [4.78, 5) is 0. The monoisotopic (exact) mass is 241 g/mol. The maximum absolute atomic E-state index is 5.89. The molecule has 0 amide bonds. The standard InChI is InChI=1S/C16H19NO/c1-11-7-8-12(2)16(9-11)18-10-14-5-4-6-15(17)13(14)3/h4-9H,10,17H2,1-3H3. The summed E-state index contributed by atoms with van der Waals surface area (Å²) in [5.74, 6) is 0.942. The molecule has 0 radical (unpaired) electrons. The van der Waals surface area contributed by atoms with Gasteiger partial charge in [-0.15, -0.1) is 0 Å². The molecule has 0 unspecified atom stereocenters. The highest BCUT2D eigenvalue weighted by Crippen LogP contribution is 2.22. The van der Waals surface area contributed by atoms with E-state index in [1.807, 2.05) is 19.1 Å².